The lowest BCUT2D eigenvalue weighted by Gasteiger charge is -2.10. The first-order valence-electron chi connectivity index (χ1n) is 8.41. The van der Waals surface area contributed by atoms with Crippen LogP contribution in [0.1, 0.15) is 23.2 Å². The Bertz CT molecular complexity index is 1130. The van der Waals surface area contributed by atoms with E-state index in [4.69, 9.17) is 0 Å². The topological polar surface area (TPSA) is 88.2 Å². The second-order valence-corrected chi connectivity index (χ2v) is 8.08. The summed E-state index contributed by atoms with van der Waals surface area (Å²) in [4.78, 5) is 16.6. The Morgan fingerprint density at radius 1 is 1.07 bits per heavy atom. The fourth-order valence-electron chi connectivity index (χ4n) is 2.72. The van der Waals surface area contributed by atoms with Crippen LogP contribution in [0.2, 0.25) is 0 Å². The van der Waals surface area contributed by atoms with E-state index >= 15 is 0 Å². The van der Waals surface area contributed by atoms with E-state index in [1.807, 2.05) is 0 Å². The van der Waals surface area contributed by atoms with E-state index in [1.54, 1.807) is 18.2 Å². The van der Waals surface area contributed by atoms with E-state index in [0.29, 0.717) is 16.6 Å². The van der Waals surface area contributed by atoms with Crippen molar-refractivity contribution in [1.82, 2.24) is 9.71 Å². The highest BCUT2D eigenvalue weighted by atomic mass is 32.2. The fourth-order valence-corrected chi connectivity index (χ4v) is 4.02. The number of amides is 1. The zero-order valence-corrected chi connectivity index (χ0v) is 15.0. The zero-order valence-electron chi connectivity index (χ0n) is 14.1. The van der Waals surface area contributed by atoms with Gasteiger partial charge in [-0.2, -0.15) is 0 Å². The number of nitrogens with zero attached hydrogens (tertiary/aromatic N) is 1. The molecule has 138 valence electrons. The van der Waals surface area contributed by atoms with E-state index in [0.717, 1.165) is 12.8 Å². The van der Waals surface area contributed by atoms with Crippen LogP contribution in [0.3, 0.4) is 0 Å². The Labute approximate surface area is 155 Å². The number of sulfonamides is 1. The van der Waals surface area contributed by atoms with E-state index in [-0.39, 0.29) is 16.5 Å². The molecule has 0 radical (unpaired) electrons. The summed E-state index contributed by atoms with van der Waals surface area (Å²) < 4.78 is 40.8. The maximum Gasteiger partial charge on any atom is 0.255 e. The summed E-state index contributed by atoms with van der Waals surface area (Å²) in [6.45, 7) is 0. The molecule has 0 atom stereocenters. The maximum absolute atomic E-state index is 13.8. The van der Waals surface area contributed by atoms with Crippen molar-refractivity contribution in [3.63, 3.8) is 0 Å². The third kappa shape index (κ3) is 3.67. The molecule has 27 heavy (non-hydrogen) atoms. The number of benzene rings is 2. The van der Waals surface area contributed by atoms with Gasteiger partial charge in [0.2, 0.25) is 10.0 Å². The zero-order chi connectivity index (χ0) is 19.0. The molecular weight excluding hydrogens is 369 g/mol. The van der Waals surface area contributed by atoms with E-state index in [1.165, 1.54) is 36.5 Å². The number of rotatable bonds is 5. The molecule has 4 rings (SSSR count). The normalized spacial score (nSPS) is 14.3. The van der Waals surface area contributed by atoms with Gasteiger partial charge in [-0.25, -0.2) is 17.5 Å². The predicted octanol–water partition coefficient (Wildman–Crippen LogP) is 3.07. The Morgan fingerprint density at radius 2 is 1.81 bits per heavy atom. The van der Waals surface area contributed by atoms with Gasteiger partial charge in [0.15, 0.2) is 0 Å². The van der Waals surface area contributed by atoms with Gasteiger partial charge in [-0.1, -0.05) is 12.1 Å². The average molecular weight is 385 g/mol. The van der Waals surface area contributed by atoms with Crippen LogP contribution in [0.25, 0.3) is 10.9 Å². The van der Waals surface area contributed by atoms with Crippen LogP contribution in [0.15, 0.2) is 59.6 Å². The number of anilines is 1. The smallest absolute Gasteiger partial charge is 0.255 e. The highest BCUT2D eigenvalue weighted by Crippen LogP contribution is 2.25. The highest BCUT2D eigenvalue weighted by Gasteiger charge is 2.28. The summed E-state index contributed by atoms with van der Waals surface area (Å²) in [7, 11) is -3.56. The minimum atomic E-state index is -3.56. The number of aromatic nitrogens is 1. The lowest BCUT2D eigenvalue weighted by molar-refractivity contribution is 0.102. The van der Waals surface area contributed by atoms with Crippen LogP contribution in [0.4, 0.5) is 10.1 Å². The Morgan fingerprint density at radius 3 is 2.52 bits per heavy atom. The molecular formula is C19H16FN3O3S. The van der Waals surface area contributed by atoms with Gasteiger partial charge in [0.1, 0.15) is 11.3 Å². The standard InChI is InChI=1S/C19H16FN3O3S/c20-16-3-1-2-15-17(10-11-21-18(15)16)22-19(24)12-4-8-14(9-5-12)27(25,26)23-13-6-7-13/h1-5,8-11,13,23H,6-7H2,(H,21,22,24). The predicted molar refractivity (Wildman–Crippen MR) is 99.4 cm³/mol. The number of pyridine rings is 1. The molecule has 1 amide bonds. The number of para-hydroxylation sites is 1. The molecule has 1 aliphatic carbocycles. The van der Waals surface area contributed by atoms with Gasteiger partial charge in [-0.3, -0.25) is 9.78 Å². The van der Waals surface area contributed by atoms with Gasteiger partial charge in [0, 0.05) is 23.2 Å². The maximum atomic E-state index is 13.8. The van der Waals surface area contributed by atoms with E-state index in [9.17, 15) is 17.6 Å². The molecule has 0 saturated heterocycles. The highest BCUT2D eigenvalue weighted by molar-refractivity contribution is 7.89. The van der Waals surface area contributed by atoms with Crippen molar-refractivity contribution >= 4 is 32.5 Å². The second-order valence-electron chi connectivity index (χ2n) is 6.37. The van der Waals surface area contributed by atoms with Crippen molar-refractivity contribution in [1.29, 1.82) is 0 Å². The van der Waals surface area contributed by atoms with E-state index < -0.39 is 21.7 Å². The van der Waals surface area contributed by atoms with Crippen LogP contribution in [0, 0.1) is 5.82 Å². The van der Waals surface area contributed by atoms with Gasteiger partial charge in [0.05, 0.1) is 10.6 Å². The number of hydrogen-bond acceptors (Lipinski definition) is 4. The molecule has 6 nitrogen and oxygen atoms in total. The van der Waals surface area contributed by atoms with Crippen molar-refractivity contribution in [3.05, 3.63) is 66.1 Å². The van der Waals surface area contributed by atoms with Crippen LogP contribution < -0.4 is 10.0 Å². The first-order chi connectivity index (χ1) is 12.9. The van der Waals surface area contributed by atoms with Gasteiger partial charge < -0.3 is 5.32 Å². The number of hydrogen-bond donors (Lipinski definition) is 2. The largest absolute Gasteiger partial charge is 0.321 e. The SMILES string of the molecule is O=C(Nc1ccnc2c(F)cccc12)c1ccc(S(=O)(=O)NC2CC2)cc1. The minimum absolute atomic E-state index is 0.0124. The molecule has 1 saturated carbocycles. The molecule has 0 bridgehead atoms. The second kappa shape index (κ2) is 6.71. The van der Waals surface area contributed by atoms with Gasteiger partial charge in [-0.15, -0.1) is 0 Å². The van der Waals surface area contributed by atoms with Crippen molar-refractivity contribution in [2.75, 3.05) is 5.32 Å². The number of nitrogens with one attached hydrogen (secondary N) is 2. The Hall–Kier alpha value is -2.84. The first kappa shape index (κ1) is 17.6. The van der Waals surface area contributed by atoms with Crippen molar-refractivity contribution in [2.45, 2.75) is 23.8 Å². The molecule has 0 unspecified atom stereocenters. The van der Waals surface area contributed by atoms with Gasteiger partial charge >= 0.3 is 0 Å². The Balaban J connectivity index is 1.56. The van der Waals surface area contributed by atoms with Crippen LogP contribution in [0.5, 0.6) is 0 Å². The molecule has 0 aliphatic heterocycles. The number of carbonyl (C=O) groups is 1. The van der Waals surface area contributed by atoms with Crippen LogP contribution in [-0.4, -0.2) is 25.4 Å². The molecule has 1 heterocycles. The molecule has 1 fully saturated rings. The van der Waals surface area contributed by atoms with Crippen molar-refractivity contribution in [3.8, 4) is 0 Å². The lowest BCUT2D eigenvalue weighted by Crippen LogP contribution is -2.25. The molecule has 8 heteroatoms. The fraction of sp³-hybridized carbons (Fsp3) is 0.158. The molecule has 3 aromatic rings. The molecule has 2 aromatic carbocycles. The van der Waals surface area contributed by atoms with Crippen LogP contribution >= 0.6 is 0 Å². The lowest BCUT2D eigenvalue weighted by atomic mass is 10.1. The number of fused-ring (bicyclic) bond motifs is 1. The summed E-state index contributed by atoms with van der Waals surface area (Å²) in [6.07, 6.45) is 3.11. The summed E-state index contributed by atoms with van der Waals surface area (Å²) in [5, 5.41) is 3.20. The number of carbonyl (C=O) groups excluding carboxylic acids is 1. The summed E-state index contributed by atoms with van der Waals surface area (Å²) in [5.74, 6) is -0.896. The molecule has 1 aromatic heterocycles. The summed E-state index contributed by atoms with van der Waals surface area (Å²) in [6, 6.07) is 11.8. The quantitative estimate of drug-likeness (QED) is 0.707. The summed E-state index contributed by atoms with van der Waals surface area (Å²) in [5.41, 5.74) is 0.890. The molecule has 1 aliphatic rings. The number of halogens is 1. The first-order valence-corrected chi connectivity index (χ1v) is 9.89. The third-order valence-corrected chi connectivity index (χ3v) is 5.83. The average Bonchev–Trinajstić information content (AvgIpc) is 3.46. The molecule has 2 N–H and O–H groups in total. The Kier molecular flexibility index (Phi) is 4.37. The van der Waals surface area contributed by atoms with E-state index in [2.05, 4.69) is 15.0 Å². The summed E-state index contributed by atoms with van der Waals surface area (Å²) >= 11 is 0. The van der Waals surface area contributed by atoms with Crippen LogP contribution in [-0.2, 0) is 10.0 Å². The monoisotopic (exact) mass is 385 g/mol. The van der Waals surface area contributed by atoms with Crippen molar-refractivity contribution in [2.24, 2.45) is 0 Å². The van der Waals surface area contributed by atoms with Crippen molar-refractivity contribution < 1.29 is 17.6 Å². The minimum Gasteiger partial charge on any atom is -0.321 e. The van der Waals surface area contributed by atoms with Gasteiger partial charge in [0.25, 0.3) is 5.91 Å². The molecule has 0 spiro atoms. The van der Waals surface area contributed by atoms with Gasteiger partial charge in [-0.05, 0) is 49.2 Å². The third-order valence-electron chi connectivity index (χ3n) is 4.30.